The van der Waals surface area contributed by atoms with Gasteiger partial charge < -0.3 is 20.3 Å². The fourth-order valence-corrected chi connectivity index (χ4v) is 5.09. The third-order valence-corrected chi connectivity index (χ3v) is 7.45. The number of carbonyl (C=O) groups excluding carboxylic acids is 4. The van der Waals surface area contributed by atoms with Crippen molar-refractivity contribution in [1.82, 2.24) is 14.8 Å². The number of nitrogens with zero attached hydrogens (tertiary/aromatic N) is 3. The summed E-state index contributed by atoms with van der Waals surface area (Å²) in [4.78, 5) is 56.9. The van der Waals surface area contributed by atoms with Crippen molar-refractivity contribution in [2.24, 2.45) is 5.73 Å². The Balaban J connectivity index is 1.37. The molecule has 0 saturated carbocycles. The molecule has 2 atom stereocenters. The molecule has 1 unspecified atom stereocenters. The SMILES string of the molecule is CC(N(Cc1ccc(F)cc1)C(=O)CN1CO[C@]2(C(=O)Cc3cc(-c4ccc(C(N)=O)cn4)ccc32)C1=O)C(F)(F)F. The van der Waals surface area contributed by atoms with Crippen LogP contribution in [-0.2, 0) is 37.7 Å². The Kier molecular flexibility index (Phi) is 7.31. The quantitative estimate of drug-likeness (QED) is 0.337. The summed E-state index contributed by atoms with van der Waals surface area (Å²) in [5.41, 5.74) is 5.56. The lowest BCUT2D eigenvalue weighted by atomic mass is 9.93. The van der Waals surface area contributed by atoms with Crippen LogP contribution in [0.1, 0.15) is 34.0 Å². The number of halogens is 4. The molecule has 5 rings (SSSR count). The molecule has 1 aliphatic carbocycles. The number of hydrogen-bond donors (Lipinski definition) is 1. The zero-order valence-electron chi connectivity index (χ0n) is 22.2. The van der Waals surface area contributed by atoms with Gasteiger partial charge in [0.2, 0.25) is 17.4 Å². The number of alkyl halides is 3. The van der Waals surface area contributed by atoms with Gasteiger partial charge in [0.25, 0.3) is 5.91 Å². The number of amides is 3. The second kappa shape index (κ2) is 10.6. The number of fused-ring (bicyclic) bond motifs is 2. The van der Waals surface area contributed by atoms with Gasteiger partial charge in [0, 0.05) is 30.3 Å². The van der Waals surface area contributed by atoms with Crippen molar-refractivity contribution >= 4 is 23.5 Å². The number of pyridine rings is 1. The van der Waals surface area contributed by atoms with Crippen molar-refractivity contribution in [2.75, 3.05) is 13.3 Å². The number of primary amides is 1. The van der Waals surface area contributed by atoms with Gasteiger partial charge in [0.1, 0.15) is 25.1 Å². The number of rotatable bonds is 7. The average Bonchev–Trinajstić information content (AvgIpc) is 3.43. The maximum atomic E-state index is 13.7. The van der Waals surface area contributed by atoms with Gasteiger partial charge in [-0.15, -0.1) is 0 Å². The summed E-state index contributed by atoms with van der Waals surface area (Å²) in [5, 5.41) is 0. The zero-order valence-corrected chi connectivity index (χ0v) is 22.2. The second-order valence-electron chi connectivity index (χ2n) is 10.1. The molecule has 1 saturated heterocycles. The third-order valence-electron chi connectivity index (χ3n) is 7.45. The highest BCUT2D eigenvalue weighted by atomic mass is 19.4. The number of carbonyl (C=O) groups is 4. The van der Waals surface area contributed by atoms with Gasteiger partial charge in [-0.2, -0.15) is 13.2 Å². The van der Waals surface area contributed by atoms with Crippen molar-refractivity contribution < 1.29 is 41.5 Å². The van der Waals surface area contributed by atoms with Crippen LogP contribution in [0, 0.1) is 5.82 Å². The van der Waals surface area contributed by atoms with Crippen LogP contribution < -0.4 is 5.73 Å². The highest BCUT2D eigenvalue weighted by molar-refractivity contribution is 6.15. The molecule has 3 amide bonds. The normalized spacial score (nSPS) is 18.8. The first-order chi connectivity index (χ1) is 19.8. The van der Waals surface area contributed by atoms with E-state index in [0.717, 1.165) is 24.0 Å². The number of Topliss-reactive ketones (excluding diaryl/α,β-unsaturated/α-hetero) is 1. The minimum Gasteiger partial charge on any atom is -0.366 e. The molecule has 218 valence electrons. The van der Waals surface area contributed by atoms with Crippen LogP contribution in [0.4, 0.5) is 17.6 Å². The number of hydrogen-bond acceptors (Lipinski definition) is 6. The number of ether oxygens (including phenoxy) is 1. The van der Waals surface area contributed by atoms with Crippen molar-refractivity contribution in [3.05, 3.63) is 88.9 Å². The molecule has 0 radical (unpaired) electrons. The van der Waals surface area contributed by atoms with E-state index < -0.39 is 67.0 Å². The Morgan fingerprint density at radius 1 is 1.12 bits per heavy atom. The molecule has 9 nitrogen and oxygen atoms in total. The van der Waals surface area contributed by atoms with E-state index in [0.29, 0.717) is 21.7 Å². The summed E-state index contributed by atoms with van der Waals surface area (Å²) in [5.74, 6) is -3.67. The van der Waals surface area contributed by atoms with E-state index >= 15 is 0 Å². The molecule has 3 aromatic rings. The van der Waals surface area contributed by atoms with Crippen molar-refractivity contribution in [3.8, 4) is 11.3 Å². The van der Waals surface area contributed by atoms with Crippen LogP contribution >= 0.6 is 0 Å². The molecule has 1 fully saturated rings. The third kappa shape index (κ3) is 5.11. The van der Waals surface area contributed by atoms with Gasteiger partial charge in [-0.3, -0.25) is 24.2 Å². The lowest BCUT2D eigenvalue weighted by molar-refractivity contribution is -0.187. The van der Waals surface area contributed by atoms with Gasteiger partial charge in [-0.05, 0) is 48.4 Å². The molecular formula is C29H24F4N4O5. The Morgan fingerprint density at radius 2 is 1.83 bits per heavy atom. The minimum absolute atomic E-state index is 0.155. The Hall–Kier alpha value is -4.65. The van der Waals surface area contributed by atoms with Gasteiger partial charge in [0.05, 0.1) is 11.3 Å². The molecule has 1 spiro atoms. The molecular weight excluding hydrogens is 560 g/mol. The summed E-state index contributed by atoms with van der Waals surface area (Å²) in [7, 11) is 0. The molecule has 1 aromatic heterocycles. The van der Waals surface area contributed by atoms with E-state index in [1.807, 2.05) is 0 Å². The standard InChI is InChI=1S/C29H24F4N4O5/c1-16(29(31,32)33)37(13-17-2-6-21(30)7-3-17)25(39)14-36-15-42-28(27(36)41)22-8-4-18(10-20(22)11-24(28)38)23-9-5-19(12-35-23)26(34)40/h2-10,12,16H,11,13-15H2,1H3,(H2,34,40)/t16?,28-/m1/s1. The van der Waals surface area contributed by atoms with Gasteiger partial charge in [0.15, 0.2) is 5.78 Å². The van der Waals surface area contributed by atoms with E-state index in [2.05, 4.69) is 4.98 Å². The van der Waals surface area contributed by atoms with Crippen LogP contribution in [0.25, 0.3) is 11.3 Å². The van der Waals surface area contributed by atoms with Crippen molar-refractivity contribution in [1.29, 1.82) is 0 Å². The molecule has 13 heteroatoms. The number of ketones is 1. The molecule has 2 N–H and O–H groups in total. The highest BCUT2D eigenvalue weighted by Crippen LogP contribution is 2.43. The molecule has 0 bridgehead atoms. The lowest BCUT2D eigenvalue weighted by Crippen LogP contribution is -2.51. The topological polar surface area (TPSA) is 123 Å². The van der Waals surface area contributed by atoms with Gasteiger partial charge in [-0.25, -0.2) is 4.39 Å². The lowest BCUT2D eigenvalue weighted by Gasteiger charge is -2.32. The average molecular weight is 585 g/mol. The van der Waals surface area contributed by atoms with E-state index in [9.17, 15) is 36.7 Å². The minimum atomic E-state index is -4.77. The Bertz CT molecular complexity index is 1580. The fraction of sp³-hybridized carbons (Fsp3) is 0.276. The van der Waals surface area contributed by atoms with E-state index in [1.54, 1.807) is 18.2 Å². The Labute approximate surface area is 236 Å². The van der Waals surface area contributed by atoms with E-state index in [4.69, 9.17) is 10.5 Å². The molecule has 42 heavy (non-hydrogen) atoms. The first-order valence-electron chi connectivity index (χ1n) is 12.8. The van der Waals surface area contributed by atoms with Crippen molar-refractivity contribution in [2.45, 2.75) is 37.7 Å². The first-order valence-corrected chi connectivity index (χ1v) is 12.8. The summed E-state index contributed by atoms with van der Waals surface area (Å²) < 4.78 is 60.0. The van der Waals surface area contributed by atoms with Crippen LogP contribution in [0.3, 0.4) is 0 Å². The van der Waals surface area contributed by atoms with Crippen molar-refractivity contribution in [3.63, 3.8) is 0 Å². The predicted molar refractivity (Wildman–Crippen MR) is 139 cm³/mol. The van der Waals surface area contributed by atoms with E-state index in [-0.39, 0.29) is 23.1 Å². The van der Waals surface area contributed by atoms with Gasteiger partial charge in [-0.1, -0.05) is 24.3 Å². The molecule has 2 aliphatic rings. The maximum absolute atomic E-state index is 13.7. The van der Waals surface area contributed by atoms with Crippen LogP contribution in [-0.4, -0.2) is 63.8 Å². The Morgan fingerprint density at radius 3 is 2.45 bits per heavy atom. The monoisotopic (exact) mass is 584 g/mol. The first kappa shape index (κ1) is 28.9. The number of benzene rings is 2. The van der Waals surface area contributed by atoms with Crippen LogP contribution in [0.5, 0.6) is 0 Å². The summed E-state index contributed by atoms with van der Waals surface area (Å²) >= 11 is 0. The second-order valence-corrected chi connectivity index (χ2v) is 10.1. The summed E-state index contributed by atoms with van der Waals surface area (Å²) in [6.07, 6.45) is -3.61. The molecule has 2 heterocycles. The molecule has 1 aliphatic heterocycles. The maximum Gasteiger partial charge on any atom is 0.408 e. The largest absolute Gasteiger partial charge is 0.408 e. The number of aromatic nitrogens is 1. The predicted octanol–water partition coefficient (Wildman–Crippen LogP) is 3.10. The highest BCUT2D eigenvalue weighted by Gasteiger charge is 2.59. The smallest absolute Gasteiger partial charge is 0.366 e. The summed E-state index contributed by atoms with van der Waals surface area (Å²) in [6.45, 7) is -0.917. The fourth-order valence-electron chi connectivity index (χ4n) is 5.09. The van der Waals surface area contributed by atoms with Gasteiger partial charge >= 0.3 is 6.18 Å². The van der Waals surface area contributed by atoms with Crippen LogP contribution in [0.15, 0.2) is 60.8 Å². The number of nitrogens with two attached hydrogens (primary N) is 1. The summed E-state index contributed by atoms with van der Waals surface area (Å²) in [6, 6.07) is 10.4. The van der Waals surface area contributed by atoms with Crippen LogP contribution in [0.2, 0.25) is 0 Å². The molecule has 2 aromatic carbocycles. The van der Waals surface area contributed by atoms with E-state index in [1.165, 1.54) is 30.5 Å². The zero-order chi connectivity index (χ0) is 30.4.